The van der Waals surface area contributed by atoms with E-state index in [1.165, 1.54) is 16.8 Å². The van der Waals surface area contributed by atoms with Crippen molar-refractivity contribution in [1.82, 2.24) is 9.91 Å². The summed E-state index contributed by atoms with van der Waals surface area (Å²) in [6.45, 7) is 2.14. The van der Waals surface area contributed by atoms with Gasteiger partial charge in [-0.25, -0.2) is 5.01 Å². The maximum atomic E-state index is 13.1. The molecule has 0 spiro atoms. The highest BCUT2D eigenvalue weighted by Gasteiger charge is 2.33. The van der Waals surface area contributed by atoms with Crippen molar-refractivity contribution in [2.24, 2.45) is 5.10 Å². The first kappa shape index (κ1) is 21.5. The fraction of sp³-hybridized carbons (Fsp3) is 0.348. The summed E-state index contributed by atoms with van der Waals surface area (Å²) in [6, 6.07) is 17.2. The molecular formula is C23H27N3O4. The van der Waals surface area contributed by atoms with E-state index >= 15 is 0 Å². The molecule has 0 N–H and O–H groups in total. The molecule has 0 unspecified atom stereocenters. The van der Waals surface area contributed by atoms with Crippen LogP contribution in [0.3, 0.4) is 0 Å². The van der Waals surface area contributed by atoms with Crippen LogP contribution in [0.4, 0.5) is 0 Å². The van der Waals surface area contributed by atoms with Gasteiger partial charge in [-0.05, 0) is 35.4 Å². The molecule has 30 heavy (non-hydrogen) atoms. The molecule has 1 atom stereocenters. The molecule has 2 aromatic carbocycles. The Morgan fingerprint density at radius 3 is 2.40 bits per heavy atom. The molecule has 0 radical (unpaired) electrons. The van der Waals surface area contributed by atoms with Crippen molar-refractivity contribution in [3.8, 4) is 5.75 Å². The number of methoxy groups -OCH3 is 2. The van der Waals surface area contributed by atoms with Crippen molar-refractivity contribution in [2.45, 2.75) is 19.4 Å². The maximum Gasteiger partial charge on any atom is 0.262 e. The molecule has 1 aliphatic rings. The minimum atomic E-state index is -0.223. The smallest absolute Gasteiger partial charge is 0.262 e. The zero-order valence-corrected chi connectivity index (χ0v) is 17.6. The molecule has 0 aromatic heterocycles. The van der Waals surface area contributed by atoms with E-state index in [9.17, 15) is 9.59 Å². The highest BCUT2D eigenvalue weighted by atomic mass is 16.5. The van der Waals surface area contributed by atoms with Crippen molar-refractivity contribution in [2.75, 3.05) is 33.9 Å². The summed E-state index contributed by atoms with van der Waals surface area (Å²) in [6.07, 6.45) is 0.597. The minimum Gasteiger partial charge on any atom is -0.497 e. The SMILES string of the molecule is COCCN(CC(=O)N1N=C(c2ccc(OC)cc2)C[C@H]1c1ccccc1)C(C)=O. The van der Waals surface area contributed by atoms with Gasteiger partial charge in [0.1, 0.15) is 12.3 Å². The van der Waals surface area contributed by atoms with E-state index in [0.717, 1.165) is 22.6 Å². The normalized spacial score (nSPS) is 15.6. The lowest BCUT2D eigenvalue weighted by Gasteiger charge is -2.26. The van der Waals surface area contributed by atoms with Gasteiger partial charge in [0, 0.05) is 27.0 Å². The van der Waals surface area contributed by atoms with E-state index in [-0.39, 0.29) is 24.4 Å². The van der Waals surface area contributed by atoms with Gasteiger partial charge in [-0.1, -0.05) is 30.3 Å². The van der Waals surface area contributed by atoms with Crippen molar-refractivity contribution in [3.63, 3.8) is 0 Å². The van der Waals surface area contributed by atoms with E-state index in [4.69, 9.17) is 9.47 Å². The van der Waals surface area contributed by atoms with Crippen LogP contribution in [0.5, 0.6) is 5.75 Å². The quantitative estimate of drug-likeness (QED) is 0.672. The van der Waals surface area contributed by atoms with Crippen LogP contribution in [0.25, 0.3) is 0 Å². The lowest BCUT2D eigenvalue weighted by atomic mass is 9.98. The highest BCUT2D eigenvalue weighted by Crippen LogP contribution is 2.33. The van der Waals surface area contributed by atoms with Crippen LogP contribution in [-0.2, 0) is 14.3 Å². The third-order valence-electron chi connectivity index (χ3n) is 5.11. The van der Waals surface area contributed by atoms with Crippen molar-refractivity contribution >= 4 is 17.5 Å². The summed E-state index contributed by atoms with van der Waals surface area (Å²) in [4.78, 5) is 26.6. The second-order valence-electron chi connectivity index (χ2n) is 7.08. The molecule has 0 saturated carbocycles. The molecule has 0 aliphatic carbocycles. The zero-order valence-electron chi connectivity index (χ0n) is 17.6. The van der Waals surface area contributed by atoms with Crippen LogP contribution in [0, 0.1) is 0 Å². The van der Waals surface area contributed by atoms with Gasteiger partial charge < -0.3 is 14.4 Å². The Morgan fingerprint density at radius 2 is 1.80 bits per heavy atom. The van der Waals surface area contributed by atoms with Crippen molar-refractivity contribution in [3.05, 3.63) is 65.7 Å². The van der Waals surface area contributed by atoms with Gasteiger partial charge in [0.25, 0.3) is 5.91 Å². The third kappa shape index (κ3) is 5.04. The molecule has 1 heterocycles. The highest BCUT2D eigenvalue weighted by molar-refractivity contribution is 6.03. The Morgan fingerprint density at radius 1 is 1.10 bits per heavy atom. The number of ether oxygens (including phenoxy) is 2. The van der Waals surface area contributed by atoms with Crippen LogP contribution in [0.2, 0.25) is 0 Å². The van der Waals surface area contributed by atoms with Gasteiger partial charge in [-0.15, -0.1) is 0 Å². The summed E-state index contributed by atoms with van der Waals surface area (Å²) < 4.78 is 10.3. The number of carbonyl (C=O) groups excluding carboxylic acids is 2. The Labute approximate surface area is 176 Å². The van der Waals surface area contributed by atoms with Crippen LogP contribution in [0.15, 0.2) is 59.7 Å². The largest absolute Gasteiger partial charge is 0.497 e. The fourth-order valence-electron chi connectivity index (χ4n) is 3.42. The molecule has 0 saturated heterocycles. The van der Waals surface area contributed by atoms with Gasteiger partial charge in [0.2, 0.25) is 5.91 Å². The first-order chi connectivity index (χ1) is 14.5. The number of hydrogen-bond donors (Lipinski definition) is 0. The molecule has 7 heteroatoms. The average Bonchev–Trinajstić information content (AvgIpc) is 3.22. The summed E-state index contributed by atoms with van der Waals surface area (Å²) in [5.74, 6) is 0.369. The molecule has 2 aromatic rings. The number of hydrogen-bond acceptors (Lipinski definition) is 5. The van der Waals surface area contributed by atoms with E-state index in [2.05, 4.69) is 5.10 Å². The monoisotopic (exact) mass is 409 g/mol. The van der Waals surface area contributed by atoms with E-state index in [1.54, 1.807) is 14.2 Å². The Bertz CT molecular complexity index is 896. The van der Waals surface area contributed by atoms with E-state index < -0.39 is 0 Å². The average molecular weight is 409 g/mol. The van der Waals surface area contributed by atoms with Crippen LogP contribution in [0.1, 0.15) is 30.5 Å². The summed E-state index contributed by atoms with van der Waals surface area (Å²) in [7, 11) is 3.19. The zero-order chi connectivity index (χ0) is 21.5. The second-order valence-corrected chi connectivity index (χ2v) is 7.08. The molecule has 0 fully saturated rings. The maximum absolute atomic E-state index is 13.1. The number of benzene rings is 2. The van der Waals surface area contributed by atoms with Gasteiger partial charge >= 0.3 is 0 Å². The summed E-state index contributed by atoms with van der Waals surface area (Å²) >= 11 is 0. The number of nitrogens with zero attached hydrogens (tertiary/aromatic N) is 3. The summed E-state index contributed by atoms with van der Waals surface area (Å²) in [5.41, 5.74) is 2.77. The number of amides is 2. The molecule has 7 nitrogen and oxygen atoms in total. The summed E-state index contributed by atoms with van der Waals surface area (Å²) in [5, 5.41) is 6.17. The van der Waals surface area contributed by atoms with Crippen molar-refractivity contribution in [1.29, 1.82) is 0 Å². The molecule has 0 bridgehead atoms. The first-order valence-corrected chi connectivity index (χ1v) is 9.87. The topological polar surface area (TPSA) is 71.4 Å². The lowest BCUT2D eigenvalue weighted by Crippen LogP contribution is -2.41. The standard InChI is InChI=1S/C23H27N3O4/c1-17(27)25(13-14-29-2)16-23(28)26-22(19-7-5-4-6-8-19)15-21(24-26)18-9-11-20(30-3)12-10-18/h4-12,22H,13-16H2,1-3H3/t22-/m0/s1. The minimum absolute atomic E-state index is 0.0403. The second kappa shape index (κ2) is 10.0. The van der Waals surface area contributed by atoms with Gasteiger partial charge in [0.15, 0.2) is 0 Å². The Hall–Kier alpha value is -3.19. The Balaban J connectivity index is 1.86. The van der Waals surface area contributed by atoms with Crippen LogP contribution >= 0.6 is 0 Å². The fourth-order valence-corrected chi connectivity index (χ4v) is 3.42. The first-order valence-electron chi connectivity index (χ1n) is 9.87. The number of carbonyl (C=O) groups is 2. The van der Waals surface area contributed by atoms with Gasteiger partial charge in [-0.3, -0.25) is 9.59 Å². The lowest BCUT2D eigenvalue weighted by molar-refractivity contribution is -0.141. The predicted molar refractivity (Wildman–Crippen MR) is 114 cm³/mol. The van der Waals surface area contributed by atoms with E-state index in [0.29, 0.717) is 19.6 Å². The van der Waals surface area contributed by atoms with E-state index in [1.807, 2.05) is 54.6 Å². The van der Waals surface area contributed by atoms with Crippen LogP contribution < -0.4 is 4.74 Å². The number of hydrazone groups is 1. The predicted octanol–water partition coefficient (Wildman–Crippen LogP) is 2.87. The van der Waals surface area contributed by atoms with Crippen LogP contribution in [-0.4, -0.2) is 61.4 Å². The Kier molecular flexibility index (Phi) is 7.19. The third-order valence-corrected chi connectivity index (χ3v) is 5.11. The molecule has 1 aliphatic heterocycles. The number of rotatable bonds is 8. The molecule has 158 valence electrons. The molecular weight excluding hydrogens is 382 g/mol. The molecule has 2 amide bonds. The van der Waals surface area contributed by atoms with Gasteiger partial charge in [-0.2, -0.15) is 5.10 Å². The van der Waals surface area contributed by atoms with Gasteiger partial charge in [0.05, 0.1) is 25.5 Å². The molecule has 3 rings (SSSR count). The van der Waals surface area contributed by atoms with Crippen molar-refractivity contribution < 1.29 is 19.1 Å².